The molecule has 0 aromatic carbocycles. The predicted molar refractivity (Wildman–Crippen MR) is 71.1 cm³/mol. The molecule has 0 bridgehead atoms. The molecule has 0 radical (unpaired) electrons. The maximum absolute atomic E-state index is 4.39. The zero-order chi connectivity index (χ0) is 12.4. The van der Waals surface area contributed by atoms with Crippen molar-refractivity contribution < 1.29 is 0 Å². The summed E-state index contributed by atoms with van der Waals surface area (Å²) in [5, 5.41) is 13.7. The summed E-state index contributed by atoms with van der Waals surface area (Å²) in [5.41, 5.74) is 3.15. The van der Waals surface area contributed by atoms with E-state index in [4.69, 9.17) is 0 Å². The average molecular weight is 316 g/mol. The largest absolute Gasteiger partial charge is 0.311 e. The summed E-state index contributed by atoms with van der Waals surface area (Å²) >= 11 is 4.95. The summed E-state index contributed by atoms with van der Waals surface area (Å²) in [6.45, 7) is 1.99. The van der Waals surface area contributed by atoms with Crippen molar-refractivity contribution in [2.75, 3.05) is 7.05 Å². The monoisotopic (exact) mass is 315 g/mol. The highest BCUT2D eigenvalue weighted by molar-refractivity contribution is 9.10. The fourth-order valence-corrected chi connectivity index (χ4v) is 2.78. The molecular formula is C10H14BrN5S. The molecule has 1 unspecified atom stereocenters. The average Bonchev–Trinajstić information content (AvgIpc) is 2.89. The fourth-order valence-electron chi connectivity index (χ4n) is 1.77. The highest BCUT2D eigenvalue weighted by Gasteiger charge is 2.18. The second-order valence-electron chi connectivity index (χ2n) is 3.84. The molecule has 7 heteroatoms. The first-order chi connectivity index (χ1) is 8.13. The van der Waals surface area contributed by atoms with E-state index < -0.39 is 0 Å². The first-order valence-electron chi connectivity index (χ1n) is 5.25. The SMILES string of the molecule is CNC(Cc1c(Br)c(C)nn1C)c1csnn1. The highest BCUT2D eigenvalue weighted by Crippen LogP contribution is 2.25. The lowest BCUT2D eigenvalue weighted by Crippen LogP contribution is -2.20. The van der Waals surface area contributed by atoms with Crippen LogP contribution in [0, 0.1) is 6.92 Å². The van der Waals surface area contributed by atoms with Crippen molar-refractivity contribution in [3.63, 3.8) is 0 Å². The van der Waals surface area contributed by atoms with Crippen molar-refractivity contribution >= 4 is 27.5 Å². The molecule has 5 nitrogen and oxygen atoms in total. The first-order valence-corrected chi connectivity index (χ1v) is 6.88. The number of halogens is 1. The van der Waals surface area contributed by atoms with E-state index >= 15 is 0 Å². The van der Waals surface area contributed by atoms with Crippen LogP contribution in [0.3, 0.4) is 0 Å². The van der Waals surface area contributed by atoms with Gasteiger partial charge < -0.3 is 5.32 Å². The van der Waals surface area contributed by atoms with Crippen LogP contribution >= 0.6 is 27.5 Å². The molecule has 2 heterocycles. The number of nitrogens with zero attached hydrogens (tertiary/aromatic N) is 4. The van der Waals surface area contributed by atoms with E-state index in [-0.39, 0.29) is 6.04 Å². The molecule has 0 aliphatic heterocycles. The van der Waals surface area contributed by atoms with Gasteiger partial charge in [0.25, 0.3) is 0 Å². The van der Waals surface area contributed by atoms with E-state index in [2.05, 4.69) is 35.9 Å². The Morgan fingerprint density at radius 3 is 2.82 bits per heavy atom. The van der Waals surface area contributed by atoms with Gasteiger partial charge in [-0.2, -0.15) is 5.10 Å². The number of aryl methyl sites for hydroxylation is 2. The molecule has 0 amide bonds. The van der Waals surface area contributed by atoms with E-state index in [0.717, 1.165) is 28.0 Å². The Morgan fingerprint density at radius 1 is 1.59 bits per heavy atom. The van der Waals surface area contributed by atoms with E-state index in [1.54, 1.807) is 0 Å². The third-order valence-corrected chi connectivity index (χ3v) is 4.30. The summed E-state index contributed by atoms with van der Waals surface area (Å²) < 4.78 is 6.88. The lowest BCUT2D eigenvalue weighted by molar-refractivity contribution is 0.546. The summed E-state index contributed by atoms with van der Waals surface area (Å²) in [4.78, 5) is 0. The maximum atomic E-state index is 4.39. The Bertz CT molecular complexity index is 493. The lowest BCUT2D eigenvalue weighted by atomic mass is 10.1. The van der Waals surface area contributed by atoms with Gasteiger partial charge in [-0.1, -0.05) is 4.49 Å². The summed E-state index contributed by atoms with van der Waals surface area (Å²) in [7, 11) is 3.89. The molecule has 1 N–H and O–H groups in total. The number of rotatable bonds is 4. The predicted octanol–water partition coefficient (Wildman–Crippen LogP) is 1.85. The highest BCUT2D eigenvalue weighted by atomic mass is 79.9. The first kappa shape index (κ1) is 12.7. The second-order valence-corrected chi connectivity index (χ2v) is 5.25. The van der Waals surface area contributed by atoms with Crippen LogP contribution in [0.4, 0.5) is 0 Å². The van der Waals surface area contributed by atoms with E-state index in [0.29, 0.717) is 0 Å². The Kier molecular flexibility index (Phi) is 3.90. The number of hydrogen-bond donors (Lipinski definition) is 1. The van der Waals surface area contributed by atoms with Crippen LogP contribution in [0.1, 0.15) is 23.1 Å². The van der Waals surface area contributed by atoms with Crippen LogP contribution < -0.4 is 5.32 Å². The maximum Gasteiger partial charge on any atom is 0.0928 e. The van der Waals surface area contributed by atoms with Crippen molar-refractivity contribution in [2.24, 2.45) is 7.05 Å². The molecule has 2 aromatic heterocycles. The lowest BCUT2D eigenvalue weighted by Gasteiger charge is -2.13. The van der Waals surface area contributed by atoms with Crippen LogP contribution in [-0.4, -0.2) is 26.4 Å². The fraction of sp³-hybridized carbons (Fsp3) is 0.500. The van der Waals surface area contributed by atoms with Gasteiger partial charge in [0, 0.05) is 18.8 Å². The van der Waals surface area contributed by atoms with Crippen molar-refractivity contribution in [1.29, 1.82) is 0 Å². The molecule has 17 heavy (non-hydrogen) atoms. The minimum Gasteiger partial charge on any atom is -0.311 e. The third kappa shape index (κ3) is 2.56. The molecule has 0 aliphatic carbocycles. The third-order valence-electron chi connectivity index (χ3n) is 2.74. The van der Waals surface area contributed by atoms with Crippen molar-refractivity contribution in [3.8, 4) is 0 Å². The number of hydrogen-bond acceptors (Lipinski definition) is 5. The number of likely N-dealkylation sites (N-methyl/N-ethyl adjacent to an activating group) is 1. The zero-order valence-corrected chi connectivity index (χ0v) is 12.3. The Labute approximate surface area is 113 Å². The van der Waals surface area contributed by atoms with Gasteiger partial charge in [0.1, 0.15) is 0 Å². The molecule has 1 atom stereocenters. The van der Waals surface area contributed by atoms with E-state index in [1.165, 1.54) is 11.5 Å². The van der Waals surface area contributed by atoms with Crippen LogP contribution in [0.2, 0.25) is 0 Å². The number of nitrogens with one attached hydrogen (secondary N) is 1. The second kappa shape index (κ2) is 5.24. The molecule has 0 fully saturated rings. The van der Waals surface area contributed by atoms with Crippen molar-refractivity contribution in [1.82, 2.24) is 24.7 Å². The smallest absolute Gasteiger partial charge is 0.0928 e. The summed E-state index contributed by atoms with van der Waals surface area (Å²) in [6, 6.07) is 0.167. The number of aromatic nitrogens is 4. The van der Waals surface area contributed by atoms with Gasteiger partial charge in [-0.05, 0) is 41.4 Å². The topological polar surface area (TPSA) is 55.6 Å². The van der Waals surface area contributed by atoms with Gasteiger partial charge >= 0.3 is 0 Å². The molecule has 2 rings (SSSR count). The van der Waals surface area contributed by atoms with Crippen molar-refractivity contribution in [3.05, 3.63) is 26.9 Å². The Morgan fingerprint density at radius 2 is 2.35 bits per heavy atom. The van der Waals surface area contributed by atoms with Gasteiger partial charge in [0.05, 0.1) is 27.6 Å². The molecular weight excluding hydrogens is 302 g/mol. The van der Waals surface area contributed by atoms with Gasteiger partial charge in [0.15, 0.2) is 0 Å². The van der Waals surface area contributed by atoms with Crippen molar-refractivity contribution in [2.45, 2.75) is 19.4 Å². The van der Waals surface area contributed by atoms with E-state index in [1.807, 2.05) is 31.1 Å². The Balaban J connectivity index is 2.24. The van der Waals surface area contributed by atoms with Crippen LogP contribution in [0.15, 0.2) is 9.85 Å². The van der Waals surface area contributed by atoms with E-state index in [9.17, 15) is 0 Å². The Hall–Kier alpha value is -0.790. The van der Waals surface area contributed by atoms with Crippen LogP contribution in [0.5, 0.6) is 0 Å². The van der Waals surface area contributed by atoms with Crippen LogP contribution in [0.25, 0.3) is 0 Å². The summed E-state index contributed by atoms with van der Waals surface area (Å²) in [6.07, 6.45) is 0.833. The minimum atomic E-state index is 0.167. The van der Waals surface area contributed by atoms with Gasteiger partial charge in [-0.25, -0.2) is 0 Å². The minimum absolute atomic E-state index is 0.167. The molecule has 0 saturated carbocycles. The van der Waals surface area contributed by atoms with Gasteiger partial charge in [-0.15, -0.1) is 5.10 Å². The van der Waals surface area contributed by atoms with Gasteiger partial charge in [0.2, 0.25) is 0 Å². The molecule has 0 spiro atoms. The molecule has 92 valence electrons. The van der Waals surface area contributed by atoms with Gasteiger partial charge in [-0.3, -0.25) is 4.68 Å². The molecule has 2 aromatic rings. The standard InChI is InChI=1S/C10H14BrN5S/c1-6-10(11)9(16(3)14-6)4-7(12-2)8-5-17-15-13-8/h5,7,12H,4H2,1-3H3. The zero-order valence-electron chi connectivity index (χ0n) is 9.94. The quantitative estimate of drug-likeness (QED) is 0.935. The summed E-state index contributed by atoms with van der Waals surface area (Å²) in [5.74, 6) is 0. The normalized spacial score (nSPS) is 12.9. The molecule has 0 saturated heterocycles. The van der Waals surface area contributed by atoms with Crippen LogP contribution in [-0.2, 0) is 13.5 Å². The molecule has 0 aliphatic rings.